The van der Waals surface area contributed by atoms with Gasteiger partial charge in [0.2, 0.25) is 5.91 Å². The van der Waals surface area contributed by atoms with Crippen LogP contribution < -0.4 is 11.1 Å². The first-order valence-electron chi connectivity index (χ1n) is 6.74. The van der Waals surface area contributed by atoms with E-state index in [1.54, 1.807) is 16.4 Å². The molecule has 0 fully saturated rings. The molecular weight excluding hydrogens is 284 g/mol. The summed E-state index contributed by atoms with van der Waals surface area (Å²) >= 11 is 1.70. The van der Waals surface area contributed by atoms with Crippen LogP contribution in [0.4, 0.5) is 5.69 Å². The van der Waals surface area contributed by atoms with Crippen LogP contribution in [0.25, 0.3) is 0 Å². The fourth-order valence-electron chi connectivity index (χ4n) is 2.03. The van der Waals surface area contributed by atoms with E-state index >= 15 is 0 Å². The minimum Gasteiger partial charge on any atom is -0.327 e. The van der Waals surface area contributed by atoms with Gasteiger partial charge in [-0.15, -0.1) is 11.8 Å². The van der Waals surface area contributed by atoms with Crippen LogP contribution in [0.5, 0.6) is 0 Å². The van der Waals surface area contributed by atoms with Crippen LogP contribution in [0.3, 0.4) is 0 Å². The van der Waals surface area contributed by atoms with Crippen LogP contribution in [-0.4, -0.2) is 21.7 Å². The second kappa shape index (κ2) is 6.78. The third-order valence-electron chi connectivity index (χ3n) is 2.97. The zero-order valence-electron chi connectivity index (χ0n) is 12.4. The first kappa shape index (κ1) is 15.6. The lowest BCUT2D eigenvalue weighted by atomic mass is 10.1. The predicted octanol–water partition coefficient (Wildman–Crippen LogP) is 2.56. The molecule has 2 rings (SSSR count). The molecule has 112 valence electrons. The molecule has 0 aliphatic heterocycles. The monoisotopic (exact) mass is 304 g/mol. The number of nitrogens with one attached hydrogen (secondary N) is 1. The molecule has 5 nitrogen and oxygen atoms in total. The van der Waals surface area contributed by atoms with E-state index < -0.39 is 0 Å². The van der Waals surface area contributed by atoms with Crippen molar-refractivity contribution in [1.82, 2.24) is 9.78 Å². The number of benzene rings is 1. The molecule has 0 aliphatic carbocycles. The fourth-order valence-corrected chi connectivity index (χ4v) is 3.09. The lowest BCUT2D eigenvalue weighted by Gasteiger charge is -2.19. The van der Waals surface area contributed by atoms with Crippen LogP contribution in [0.1, 0.15) is 24.7 Å². The molecule has 0 bridgehead atoms. The summed E-state index contributed by atoms with van der Waals surface area (Å²) in [5.74, 6) is -0.0702. The standard InChI is InChI=1S/C15H20N4OS/c1-10(16)15(12-8-17-19(3)9-12)21-14-6-4-13(5-7-14)18-11(2)20/h4-10,15H,16H2,1-3H3,(H,18,20). The van der Waals surface area contributed by atoms with E-state index in [0.717, 1.165) is 16.1 Å². The first-order chi connectivity index (χ1) is 9.95. The van der Waals surface area contributed by atoms with Crippen molar-refractivity contribution in [3.63, 3.8) is 0 Å². The third-order valence-corrected chi connectivity index (χ3v) is 4.47. The Morgan fingerprint density at radius 3 is 2.52 bits per heavy atom. The summed E-state index contributed by atoms with van der Waals surface area (Å²) in [4.78, 5) is 12.1. The summed E-state index contributed by atoms with van der Waals surface area (Å²) in [5, 5.41) is 7.11. The minimum absolute atomic E-state index is 0.00854. The summed E-state index contributed by atoms with van der Waals surface area (Å²) in [7, 11) is 1.90. The van der Waals surface area contributed by atoms with Crippen molar-refractivity contribution in [3.8, 4) is 0 Å². The molecule has 3 N–H and O–H groups in total. The molecule has 0 radical (unpaired) electrons. The molecule has 0 saturated carbocycles. The number of hydrogen-bond acceptors (Lipinski definition) is 4. The maximum absolute atomic E-state index is 11.0. The predicted molar refractivity (Wildman–Crippen MR) is 86.2 cm³/mol. The van der Waals surface area contributed by atoms with Crippen molar-refractivity contribution >= 4 is 23.4 Å². The second-order valence-electron chi connectivity index (χ2n) is 5.05. The van der Waals surface area contributed by atoms with Gasteiger partial charge in [-0.25, -0.2) is 0 Å². The van der Waals surface area contributed by atoms with Crippen molar-refractivity contribution in [1.29, 1.82) is 0 Å². The van der Waals surface area contributed by atoms with Crippen LogP contribution >= 0.6 is 11.8 Å². The molecule has 2 aromatic rings. The normalized spacial score (nSPS) is 13.7. The summed E-state index contributed by atoms with van der Waals surface area (Å²) in [6.07, 6.45) is 3.85. The zero-order chi connectivity index (χ0) is 15.4. The number of carbonyl (C=O) groups is 1. The van der Waals surface area contributed by atoms with E-state index in [-0.39, 0.29) is 17.2 Å². The smallest absolute Gasteiger partial charge is 0.221 e. The van der Waals surface area contributed by atoms with Gasteiger partial charge in [0.15, 0.2) is 0 Å². The van der Waals surface area contributed by atoms with Gasteiger partial charge in [-0.3, -0.25) is 9.48 Å². The summed E-state index contributed by atoms with van der Waals surface area (Å²) in [5.41, 5.74) is 8.02. The van der Waals surface area contributed by atoms with Crippen molar-refractivity contribution in [2.24, 2.45) is 12.8 Å². The fraction of sp³-hybridized carbons (Fsp3) is 0.333. The topological polar surface area (TPSA) is 72.9 Å². The number of thioether (sulfide) groups is 1. The molecule has 1 amide bonds. The number of aryl methyl sites for hydroxylation is 1. The SMILES string of the molecule is CC(=O)Nc1ccc(SC(c2cnn(C)c2)C(C)N)cc1. The van der Waals surface area contributed by atoms with Crippen molar-refractivity contribution < 1.29 is 4.79 Å². The molecule has 0 aliphatic rings. The molecular formula is C15H20N4OS. The Kier molecular flexibility index (Phi) is 5.03. The molecule has 1 aromatic carbocycles. The molecule has 0 spiro atoms. The van der Waals surface area contributed by atoms with Gasteiger partial charge in [-0.05, 0) is 31.2 Å². The van der Waals surface area contributed by atoms with Gasteiger partial charge in [0.1, 0.15) is 0 Å². The van der Waals surface area contributed by atoms with E-state index in [4.69, 9.17) is 5.73 Å². The lowest BCUT2D eigenvalue weighted by Crippen LogP contribution is -2.22. The van der Waals surface area contributed by atoms with Gasteiger partial charge in [-0.1, -0.05) is 0 Å². The van der Waals surface area contributed by atoms with Crippen LogP contribution in [0.2, 0.25) is 0 Å². The number of carbonyl (C=O) groups excluding carboxylic acids is 1. The van der Waals surface area contributed by atoms with E-state index in [0.29, 0.717) is 0 Å². The van der Waals surface area contributed by atoms with Gasteiger partial charge in [0, 0.05) is 42.4 Å². The number of rotatable bonds is 5. The number of aromatic nitrogens is 2. The van der Waals surface area contributed by atoms with E-state index in [1.165, 1.54) is 6.92 Å². The summed E-state index contributed by atoms with van der Waals surface area (Å²) < 4.78 is 1.78. The molecule has 6 heteroatoms. The molecule has 1 aromatic heterocycles. The maximum atomic E-state index is 11.0. The highest BCUT2D eigenvalue weighted by Crippen LogP contribution is 2.37. The molecule has 0 saturated heterocycles. The van der Waals surface area contributed by atoms with Gasteiger partial charge >= 0.3 is 0 Å². The van der Waals surface area contributed by atoms with Crippen molar-refractivity contribution in [3.05, 3.63) is 42.2 Å². The van der Waals surface area contributed by atoms with E-state index in [9.17, 15) is 4.79 Å². The third kappa shape index (κ3) is 4.34. The molecule has 2 atom stereocenters. The van der Waals surface area contributed by atoms with Gasteiger partial charge in [0.05, 0.1) is 11.4 Å². The Morgan fingerprint density at radius 2 is 2.05 bits per heavy atom. The second-order valence-corrected chi connectivity index (χ2v) is 6.27. The molecule has 2 unspecified atom stereocenters. The quantitative estimate of drug-likeness (QED) is 0.833. The minimum atomic E-state index is -0.0702. The highest BCUT2D eigenvalue weighted by molar-refractivity contribution is 7.99. The van der Waals surface area contributed by atoms with Crippen LogP contribution in [0, 0.1) is 0 Å². The zero-order valence-corrected chi connectivity index (χ0v) is 13.2. The average molecular weight is 304 g/mol. The number of anilines is 1. The number of hydrogen-bond donors (Lipinski definition) is 2. The number of amides is 1. The Hall–Kier alpha value is -1.79. The summed E-state index contributed by atoms with van der Waals surface area (Å²) in [6.45, 7) is 3.49. The highest BCUT2D eigenvalue weighted by atomic mass is 32.2. The maximum Gasteiger partial charge on any atom is 0.221 e. The first-order valence-corrected chi connectivity index (χ1v) is 7.62. The average Bonchev–Trinajstić information content (AvgIpc) is 2.83. The molecule has 1 heterocycles. The van der Waals surface area contributed by atoms with E-state index in [1.807, 2.05) is 50.6 Å². The highest BCUT2D eigenvalue weighted by Gasteiger charge is 2.19. The van der Waals surface area contributed by atoms with E-state index in [2.05, 4.69) is 10.4 Å². The number of nitrogens with zero attached hydrogens (tertiary/aromatic N) is 2. The lowest BCUT2D eigenvalue weighted by molar-refractivity contribution is -0.114. The van der Waals surface area contributed by atoms with Crippen LogP contribution in [-0.2, 0) is 11.8 Å². The number of nitrogens with two attached hydrogens (primary N) is 1. The Labute approximate surface area is 128 Å². The Bertz CT molecular complexity index is 606. The molecule has 21 heavy (non-hydrogen) atoms. The van der Waals surface area contributed by atoms with Gasteiger partial charge < -0.3 is 11.1 Å². The Morgan fingerprint density at radius 1 is 1.38 bits per heavy atom. The van der Waals surface area contributed by atoms with Crippen molar-refractivity contribution in [2.75, 3.05) is 5.32 Å². The van der Waals surface area contributed by atoms with Crippen molar-refractivity contribution in [2.45, 2.75) is 30.0 Å². The summed E-state index contributed by atoms with van der Waals surface area (Å²) in [6, 6.07) is 7.77. The largest absolute Gasteiger partial charge is 0.327 e. The van der Waals surface area contributed by atoms with Gasteiger partial charge in [-0.2, -0.15) is 5.10 Å². The van der Waals surface area contributed by atoms with Gasteiger partial charge in [0.25, 0.3) is 0 Å². The van der Waals surface area contributed by atoms with Crippen LogP contribution in [0.15, 0.2) is 41.6 Å². The Balaban J connectivity index is 2.12.